The molecule has 2 unspecified atom stereocenters. The maximum absolute atomic E-state index is 5.80. The zero-order chi connectivity index (χ0) is 11.7. The van der Waals surface area contributed by atoms with Crippen LogP contribution in [0.3, 0.4) is 0 Å². The van der Waals surface area contributed by atoms with Gasteiger partial charge in [0, 0.05) is 18.3 Å². The van der Waals surface area contributed by atoms with Crippen LogP contribution in [0.1, 0.15) is 24.5 Å². The Morgan fingerprint density at radius 3 is 2.38 bits per heavy atom. The van der Waals surface area contributed by atoms with Crippen LogP contribution < -0.4 is 10.6 Å². The molecule has 1 aromatic rings. The zero-order valence-electron chi connectivity index (χ0n) is 10.5. The fourth-order valence-corrected chi connectivity index (χ4v) is 2.80. The van der Waals surface area contributed by atoms with Gasteiger partial charge in [0.05, 0.1) is 0 Å². The van der Waals surface area contributed by atoms with Gasteiger partial charge in [-0.2, -0.15) is 0 Å². The van der Waals surface area contributed by atoms with Gasteiger partial charge in [-0.25, -0.2) is 0 Å². The minimum atomic E-state index is 0.575. The molecule has 1 aromatic carbocycles. The minimum Gasteiger partial charge on any atom is -0.368 e. The molecule has 1 aliphatic heterocycles. The Morgan fingerprint density at radius 1 is 1.25 bits per heavy atom. The number of hydrogen-bond acceptors (Lipinski definition) is 2. The molecule has 0 aromatic heterocycles. The molecule has 2 rings (SSSR count). The van der Waals surface area contributed by atoms with Gasteiger partial charge in [-0.1, -0.05) is 6.07 Å². The first kappa shape index (κ1) is 11.5. The molecule has 2 N–H and O–H groups in total. The molecular formula is C14H22N2. The summed E-state index contributed by atoms with van der Waals surface area (Å²) in [6.45, 7) is 8.58. The first-order valence-corrected chi connectivity index (χ1v) is 6.17. The van der Waals surface area contributed by atoms with Crippen LogP contribution in [0.2, 0.25) is 0 Å². The number of aryl methyl sites for hydroxylation is 2. The maximum atomic E-state index is 5.80. The highest BCUT2D eigenvalue weighted by atomic mass is 15.2. The van der Waals surface area contributed by atoms with Gasteiger partial charge < -0.3 is 10.6 Å². The van der Waals surface area contributed by atoms with E-state index in [0.717, 1.165) is 13.1 Å². The van der Waals surface area contributed by atoms with Crippen molar-refractivity contribution in [2.45, 2.75) is 33.2 Å². The summed E-state index contributed by atoms with van der Waals surface area (Å²) in [5.74, 6) is 0.654. The Balaban J connectivity index is 2.25. The summed E-state index contributed by atoms with van der Waals surface area (Å²) in [6, 6.07) is 7.36. The van der Waals surface area contributed by atoms with Crippen LogP contribution in [0.15, 0.2) is 18.2 Å². The van der Waals surface area contributed by atoms with Crippen molar-refractivity contribution in [2.75, 3.05) is 18.0 Å². The molecule has 1 aliphatic rings. The van der Waals surface area contributed by atoms with Crippen molar-refractivity contribution in [1.82, 2.24) is 0 Å². The summed E-state index contributed by atoms with van der Waals surface area (Å²) < 4.78 is 0. The second-order valence-electron chi connectivity index (χ2n) is 5.06. The molecule has 1 heterocycles. The van der Waals surface area contributed by atoms with E-state index >= 15 is 0 Å². The van der Waals surface area contributed by atoms with Crippen LogP contribution in [0.5, 0.6) is 0 Å². The molecule has 1 fully saturated rings. The van der Waals surface area contributed by atoms with Gasteiger partial charge in [-0.3, -0.25) is 0 Å². The average molecular weight is 218 g/mol. The van der Waals surface area contributed by atoms with Gasteiger partial charge in [-0.05, 0) is 62.9 Å². The van der Waals surface area contributed by atoms with Crippen LogP contribution in [0, 0.1) is 19.8 Å². The van der Waals surface area contributed by atoms with E-state index in [-0.39, 0.29) is 0 Å². The number of hydrogen-bond donors (Lipinski definition) is 1. The van der Waals surface area contributed by atoms with Crippen molar-refractivity contribution < 1.29 is 0 Å². The van der Waals surface area contributed by atoms with E-state index in [2.05, 4.69) is 43.9 Å². The lowest BCUT2D eigenvalue weighted by Crippen LogP contribution is -2.32. The smallest absolute Gasteiger partial charge is 0.0374 e. The summed E-state index contributed by atoms with van der Waals surface area (Å²) in [5.41, 5.74) is 9.85. The van der Waals surface area contributed by atoms with Crippen molar-refractivity contribution in [3.63, 3.8) is 0 Å². The first-order valence-electron chi connectivity index (χ1n) is 6.17. The van der Waals surface area contributed by atoms with Crippen LogP contribution in [0.4, 0.5) is 5.69 Å². The Labute approximate surface area is 98.4 Å². The fraction of sp³-hybridized carbons (Fsp3) is 0.571. The van der Waals surface area contributed by atoms with Gasteiger partial charge in [0.25, 0.3) is 0 Å². The molecule has 0 radical (unpaired) electrons. The van der Waals surface area contributed by atoms with Crippen molar-refractivity contribution >= 4 is 5.69 Å². The molecule has 0 bridgehead atoms. The highest BCUT2D eigenvalue weighted by Crippen LogP contribution is 2.30. The normalized spacial score (nSPS) is 25.1. The van der Waals surface area contributed by atoms with Crippen LogP contribution in [0.25, 0.3) is 0 Å². The van der Waals surface area contributed by atoms with E-state index in [1.807, 2.05) is 0 Å². The van der Waals surface area contributed by atoms with Gasteiger partial charge in [0.2, 0.25) is 0 Å². The maximum Gasteiger partial charge on any atom is 0.0374 e. The third-order valence-corrected chi connectivity index (χ3v) is 3.76. The highest BCUT2D eigenvalue weighted by molar-refractivity contribution is 5.52. The van der Waals surface area contributed by atoms with E-state index < -0.39 is 0 Å². The standard InChI is InChI=1S/C14H22N2/c1-10-6-11(2)8-14(7-10)16-5-4-13(9-15)12(16)3/h6-8,12-13H,4-5,9,15H2,1-3H3. The average Bonchev–Trinajstić information content (AvgIpc) is 2.58. The van der Waals surface area contributed by atoms with Gasteiger partial charge in [0.1, 0.15) is 0 Å². The molecule has 16 heavy (non-hydrogen) atoms. The lowest BCUT2D eigenvalue weighted by Gasteiger charge is -2.27. The molecule has 0 spiro atoms. The van der Waals surface area contributed by atoms with Crippen LogP contribution >= 0.6 is 0 Å². The number of benzene rings is 1. The fourth-order valence-electron chi connectivity index (χ4n) is 2.80. The third-order valence-electron chi connectivity index (χ3n) is 3.76. The third kappa shape index (κ3) is 2.07. The van der Waals surface area contributed by atoms with E-state index in [1.165, 1.54) is 23.2 Å². The largest absolute Gasteiger partial charge is 0.368 e. The molecule has 2 nitrogen and oxygen atoms in total. The number of nitrogens with two attached hydrogens (primary N) is 1. The summed E-state index contributed by atoms with van der Waals surface area (Å²) >= 11 is 0. The second kappa shape index (κ2) is 4.46. The van der Waals surface area contributed by atoms with Gasteiger partial charge in [0.15, 0.2) is 0 Å². The Kier molecular flexibility index (Phi) is 3.20. The number of anilines is 1. The van der Waals surface area contributed by atoms with Gasteiger partial charge in [-0.15, -0.1) is 0 Å². The highest BCUT2D eigenvalue weighted by Gasteiger charge is 2.29. The molecular weight excluding hydrogens is 196 g/mol. The summed E-state index contributed by atoms with van der Waals surface area (Å²) in [7, 11) is 0. The number of nitrogens with zero attached hydrogens (tertiary/aromatic N) is 1. The molecule has 0 amide bonds. The van der Waals surface area contributed by atoms with Crippen molar-refractivity contribution in [2.24, 2.45) is 11.7 Å². The molecule has 1 saturated heterocycles. The zero-order valence-corrected chi connectivity index (χ0v) is 10.5. The number of rotatable bonds is 2. The van der Waals surface area contributed by atoms with Crippen molar-refractivity contribution in [3.05, 3.63) is 29.3 Å². The molecule has 2 atom stereocenters. The molecule has 2 heteroatoms. The topological polar surface area (TPSA) is 29.3 Å². The predicted octanol–water partition coefficient (Wildman–Crippen LogP) is 2.48. The van der Waals surface area contributed by atoms with E-state index in [9.17, 15) is 0 Å². The van der Waals surface area contributed by atoms with E-state index in [1.54, 1.807) is 0 Å². The molecule has 0 aliphatic carbocycles. The van der Waals surface area contributed by atoms with Crippen LogP contribution in [-0.2, 0) is 0 Å². The SMILES string of the molecule is Cc1cc(C)cc(N2CCC(CN)C2C)c1. The second-order valence-corrected chi connectivity index (χ2v) is 5.06. The van der Waals surface area contributed by atoms with Crippen molar-refractivity contribution in [3.8, 4) is 0 Å². The summed E-state index contributed by atoms with van der Waals surface area (Å²) in [6.07, 6.45) is 1.23. The lowest BCUT2D eigenvalue weighted by molar-refractivity contribution is 0.508. The summed E-state index contributed by atoms with van der Waals surface area (Å²) in [5, 5.41) is 0. The Morgan fingerprint density at radius 2 is 1.88 bits per heavy atom. The lowest BCUT2D eigenvalue weighted by atomic mass is 10.0. The first-order chi connectivity index (χ1) is 7.61. The van der Waals surface area contributed by atoms with Gasteiger partial charge >= 0.3 is 0 Å². The van der Waals surface area contributed by atoms with Crippen LogP contribution in [-0.4, -0.2) is 19.1 Å². The quantitative estimate of drug-likeness (QED) is 0.826. The minimum absolute atomic E-state index is 0.575. The summed E-state index contributed by atoms with van der Waals surface area (Å²) in [4.78, 5) is 2.50. The van der Waals surface area contributed by atoms with E-state index in [0.29, 0.717) is 12.0 Å². The monoisotopic (exact) mass is 218 g/mol. The Bertz CT molecular complexity index is 353. The van der Waals surface area contributed by atoms with E-state index in [4.69, 9.17) is 5.73 Å². The van der Waals surface area contributed by atoms with Crippen molar-refractivity contribution in [1.29, 1.82) is 0 Å². The molecule has 88 valence electrons. The molecule has 0 saturated carbocycles. The predicted molar refractivity (Wildman–Crippen MR) is 69.9 cm³/mol. The Hall–Kier alpha value is -1.02.